The Morgan fingerprint density at radius 3 is 1.38 bits per heavy atom. The Labute approximate surface area is 173 Å². The number of aromatic nitrogens is 1. The van der Waals surface area contributed by atoms with E-state index in [0.29, 0.717) is 0 Å². The van der Waals surface area contributed by atoms with Crippen LogP contribution in [0.5, 0.6) is 0 Å². The summed E-state index contributed by atoms with van der Waals surface area (Å²) in [6.07, 6.45) is 0. The molecule has 0 N–H and O–H groups in total. The van der Waals surface area contributed by atoms with Crippen molar-refractivity contribution in [1.82, 2.24) is 4.98 Å². The molecule has 0 bridgehead atoms. The molecule has 0 fully saturated rings. The van der Waals surface area contributed by atoms with E-state index in [0.717, 1.165) is 34.2 Å². The van der Waals surface area contributed by atoms with E-state index >= 15 is 0 Å². The van der Waals surface area contributed by atoms with Gasteiger partial charge in [-0.2, -0.15) is 0 Å². The third-order valence-corrected chi connectivity index (χ3v) is 3.60. The topological polar surface area (TPSA) is 37.6 Å². The largest absolute Gasteiger partial charge is 0.252 e. The molecular weight excluding hydrogens is 433 g/mol. The first kappa shape index (κ1) is 21.9. The number of rotatable bonds is 4. The number of pyridine rings is 1. The van der Waals surface area contributed by atoms with Crippen LogP contribution in [0, 0.1) is 0 Å². The Balaban J connectivity index is 0.00000169. The van der Waals surface area contributed by atoms with E-state index in [4.69, 9.17) is 4.98 Å². The second-order valence-corrected chi connectivity index (χ2v) is 5.47. The third-order valence-electron chi connectivity index (χ3n) is 3.60. The van der Waals surface area contributed by atoms with Gasteiger partial charge >= 0.3 is 0 Å². The van der Waals surface area contributed by atoms with E-state index in [1.54, 1.807) is 0 Å². The fraction of sp³-hybridized carbons (Fsp3) is 0.0952. The van der Waals surface area contributed by atoms with Crippen LogP contribution >= 0.6 is 12.4 Å². The fourth-order valence-corrected chi connectivity index (χ4v) is 2.34. The van der Waals surface area contributed by atoms with E-state index in [2.05, 4.69) is 9.98 Å². The van der Waals surface area contributed by atoms with E-state index in [1.165, 1.54) is 0 Å². The minimum absolute atomic E-state index is 0. The van der Waals surface area contributed by atoms with E-state index in [9.17, 15) is 0 Å². The first-order valence-corrected chi connectivity index (χ1v) is 7.91. The summed E-state index contributed by atoms with van der Waals surface area (Å²) in [5.41, 5.74) is 5.35. The van der Waals surface area contributed by atoms with Gasteiger partial charge in [-0.25, -0.2) is 4.98 Å². The molecule has 135 valence electrons. The van der Waals surface area contributed by atoms with Crippen LogP contribution in [0.2, 0.25) is 0 Å². The van der Waals surface area contributed by atoms with Crippen LogP contribution in [0.15, 0.2) is 88.8 Å². The van der Waals surface area contributed by atoms with Crippen molar-refractivity contribution in [3.05, 3.63) is 90.3 Å². The molecule has 5 heteroatoms. The molecule has 0 aliphatic rings. The summed E-state index contributed by atoms with van der Waals surface area (Å²) < 4.78 is 0. The molecule has 1 aromatic heterocycles. The van der Waals surface area contributed by atoms with Crippen molar-refractivity contribution >= 4 is 35.2 Å². The summed E-state index contributed by atoms with van der Waals surface area (Å²) in [5.74, 6) is 0. The normalized spacial score (nSPS) is 11.3. The van der Waals surface area contributed by atoms with Crippen LogP contribution in [0.1, 0.15) is 25.2 Å². The first-order valence-electron chi connectivity index (χ1n) is 7.91. The van der Waals surface area contributed by atoms with Gasteiger partial charge in [-0.05, 0) is 50.2 Å². The van der Waals surface area contributed by atoms with Gasteiger partial charge in [-0.1, -0.05) is 42.5 Å². The number of benzene rings is 2. The molecule has 26 heavy (non-hydrogen) atoms. The monoisotopic (exact) mass is 452 g/mol. The van der Waals surface area contributed by atoms with Gasteiger partial charge in [0.05, 0.1) is 34.2 Å². The van der Waals surface area contributed by atoms with Crippen molar-refractivity contribution in [2.75, 3.05) is 0 Å². The van der Waals surface area contributed by atoms with E-state index in [1.807, 2.05) is 92.7 Å². The predicted octanol–water partition coefficient (Wildman–Crippen LogP) is 5.78. The van der Waals surface area contributed by atoms with Gasteiger partial charge in [0.2, 0.25) is 0 Å². The predicted molar refractivity (Wildman–Crippen MR) is 108 cm³/mol. The standard InChI is InChI=1S/C21H19N3.ClH.Rh/c1-16(22-18-10-5-3-6-11-18)20-14-9-15-21(24-20)17(2)23-19-12-7-4-8-13-19;;/h3-15H,1-2H3;1H;. The summed E-state index contributed by atoms with van der Waals surface area (Å²) in [6.45, 7) is 3.95. The molecule has 0 atom stereocenters. The van der Waals surface area contributed by atoms with Gasteiger partial charge in [-0.15, -0.1) is 12.4 Å². The van der Waals surface area contributed by atoms with Crippen molar-refractivity contribution in [3.8, 4) is 0 Å². The van der Waals surface area contributed by atoms with Gasteiger partial charge in [-0.3, -0.25) is 9.98 Å². The van der Waals surface area contributed by atoms with Crippen LogP contribution in [-0.2, 0) is 19.5 Å². The zero-order valence-corrected chi connectivity index (χ0v) is 17.0. The fourth-order valence-electron chi connectivity index (χ4n) is 2.34. The maximum atomic E-state index is 4.70. The Kier molecular flexibility index (Phi) is 9.05. The van der Waals surface area contributed by atoms with Crippen LogP contribution in [0.25, 0.3) is 0 Å². The Morgan fingerprint density at radius 1 is 0.615 bits per heavy atom. The Hall–Kier alpha value is -2.16. The molecule has 3 nitrogen and oxygen atoms in total. The first-order chi connectivity index (χ1) is 11.7. The molecule has 0 aliphatic heterocycles. The molecule has 0 aliphatic carbocycles. The maximum Gasteiger partial charge on any atom is 0.0849 e. The molecule has 0 saturated heterocycles. The van der Waals surface area contributed by atoms with Crippen LogP contribution < -0.4 is 0 Å². The molecule has 0 saturated carbocycles. The minimum atomic E-state index is 0. The number of halogens is 1. The molecular formula is C21H20ClN3Rh. The number of para-hydroxylation sites is 2. The molecule has 0 amide bonds. The molecule has 1 heterocycles. The molecule has 0 spiro atoms. The summed E-state index contributed by atoms with van der Waals surface area (Å²) in [6, 6.07) is 25.7. The van der Waals surface area contributed by atoms with Crippen LogP contribution in [0.4, 0.5) is 11.4 Å². The summed E-state index contributed by atoms with van der Waals surface area (Å²) >= 11 is 0. The van der Waals surface area contributed by atoms with E-state index < -0.39 is 0 Å². The van der Waals surface area contributed by atoms with Crippen LogP contribution in [-0.4, -0.2) is 16.4 Å². The van der Waals surface area contributed by atoms with Crippen molar-refractivity contribution in [1.29, 1.82) is 0 Å². The minimum Gasteiger partial charge on any atom is -0.252 e. The quantitative estimate of drug-likeness (QED) is 0.365. The van der Waals surface area contributed by atoms with E-state index in [-0.39, 0.29) is 31.9 Å². The molecule has 0 unspecified atom stereocenters. The van der Waals surface area contributed by atoms with Gasteiger partial charge < -0.3 is 0 Å². The molecule has 3 rings (SSSR count). The average molecular weight is 453 g/mol. The summed E-state index contributed by atoms with van der Waals surface area (Å²) in [4.78, 5) is 14.0. The van der Waals surface area contributed by atoms with Gasteiger partial charge in [0.1, 0.15) is 0 Å². The summed E-state index contributed by atoms with van der Waals surface area (Å²) in [7, 11) is 0. The summed E-state index contributed by atoms with van der Waals surface area (Å²) in [5, 5.41) is 0. The van der Waals surface area contributed by atoms with Crippen molar-refractivity contribution in [2.24, 2.45) is 9.98 Å². The SMILES string of the molecule is CC(=Nc1ccccc1)c1cccc(C(C)=Nc2ccccc2)n1.Cl.[Rh]. The zero-order valence-electron chi connectivity index (χ0n) is 14.6. The molecule has 3 aromatic rings. The van der Waals surface area contributed by atoms with Gasteiger partial charge in [0.15, 0.2) is 0 Å². The Morgan fingerprint density at radius 2 is 1.00 bits per heavy atom. The van der Waals surface area contributed by atoms with Crippen molar-refractivity contribution in [3.63, 3.8) is 0 Å². The van der Waals surface area contributed by atoms with Gasteiger partial charge in [0, 0.05) is 19.5 Å². The molecule has 2 aromatic carbocycles. The Bertz CT molecular complexity index is 807. The second-order valence-electron chi connectivity index (χ2n) is 5.47. The van der Waals surface area contributed by atoms with Crippen LogP contribution in [0.3, 0.4) is 0 Å². The second kappa shape index (κ2) is 10.7. The number of aliphatic imine (C=N–C) groups is 2. The number of hydrogen-bond donors (Lipinski definition) is 0. The zero-order chi connectivity index (χ0) is 16.8. The van der Waals surface area contributed by atoms with Gasteiger partial charge in [0.25, 0.3) is 0 Å². The van der Waals surface area contributed by atoms with Crippen molar-refractivity contribution in [2.45, 2.75) is 13.8 Å². The average Bonchev–Trinajstić information content (AvgIpc) is 2.63. The number of hydrogen-bond acceptors (Lipinski definition) is 3. The van der Waals surface area contributed by atoms with Crippen molar-refractivity contribution < 1.29 is 19.5 Å². The number of nitrogens with zero attached hydrogens (tertiary/aromatic N) is 3. The molecule has 1 radical (unpaired) electrons. The smallest absolute Gasteiger partial charge is 0.0849 e. The maximum absolute atomic E-state index is 4.70. The third kappa shape index (κ3) is 5.98.